The maximum atomic E-state index is 13.1. The molecule has 0 spiro atoms. The second kappa shape index (κ2) is 9.04. The number of hydrogen-bond acceptors (Lipinski definition) is 5. The minimum Gasteiger partial charge on any atom is -0.348 e. The van der Waals surface area contributed by atoms with Crippen molar-refractivity contribution in [1.29, 1.82) is 0 Å². The summed E-state index contributed by atoms with van der Waals surface area (Å²) in [5.74, 6) is -0.0382. The first-order valence-electron chi connectivity index (χ1n) is 11.6. The predicted octanol–water partition coefficient (Wildman–Crippen LogP) is 3.79. The van der Waals surface area contributed by atoms with Crippen LogP contribution in [0.2, 0.25) is 0 Å². The molecule has 178 valence electrons. The van der Waals surface area contributed by atoms with Crippen molar-refractivity contribution in [1.82, 2.24) is 25.1 Å². The van der Waals surface area contributed by atoms with Gasteiger partial charge in [0, 0.05) is 55.3 Å². The molecular formula is C25H28F2N6O. The first-order valence-corrected chi connectivity index (χ1v) is 11.6. The summed E-state index contributed by atoms with van der Waals surface area (Å²) in [7, 11) is 0. The van der Waals surface area contributed by atoms with Crippen LogP contribution in [0.1, 0.15) is 38.1 Å². The Morgan fingerprint density at radius 2 is 2.09 bits per heavy atom. The molecule has 2 aromatic rings. The average molecular weight is 467 g/mol. The lowest BCUT2D eigenvalue weighted by atomic mass is 9.99. The maximum absolute atomic E-state index is 13.1. The highest BCUT2D eigenvalue weighted by molar-refractivity contribution is 5.95. The van der Waals surface area contributed by atoms with E-state index in [-0.39, 0.29) is 12.2 Å². The molecule has 7 nitrogen and oxygen atoms in total. The molecule has 2 atom stereocenters. The van der Waals surface area contributed by atoms with Crippen LogP contribution in [-0.4, -0.2) is 39.3 Å². The Bertz CT molecular complexity index is 1180. The lowest BCUT2D eigenvalue weighted by Gasteiger charge is -2.25. The normalized spacial score (nSPS) is 21.3. The molecule has 2 N–H and O–H groups in total. The van der Waals surface area contributed by atoms with Crippen molar-refractivity contribution in [3.8, 4) is 11.3 Å². The van der Waals surface area contributed by atoms with Crippen LogP contribution in [0.3, 0.4) is 0 Å². The molecule has 3 aliphatic heterocycles. The van der Waals surface area contributed by atoms with Gasteiger partial charge in [0.05, 0.1) is 5.69 Å². The highest BCUT2D eigenvalue weighted by Crippen LogP contribution is 2.29. The number of nitrogens with zero attached hydrogens (tertiary/aromatic N) is 4. The second-order valence-corrected chi connectivity index (χ2v) is 8.96. The molecule has 1 aromatic heterocycles. The fourth-order valence-corrected chi connectivity index (χ4v) is 4.65. The Balaban J connectivity index is 1.24. The third-order valence-corrected chi connectivity index (χ3v) is 6.55. The number of halogens is 2. The van der Waals surface area contributed by atoms with Crippen molar-refractivity contribution >= 4 is 12.1 Å². The topological polar surface area (TPSA) is 74.5 Å². The van der Waals surface area contributed by atoms with Crippen molar-refractivity contribution in [2.24, 2.45) is 10.9 Å². The van der Waals surface area contributed by atoms with Gasteiger partial charge < -0.3 is 20.1 Å². The van der Waals surface area contributed by atoms with E-state index >= 15 is 0 Å². The number of imidazole rings is 1. The predicted molar refractivity (Wildman–Crippen MR) is 126 cm³/mol. The second-order valence-electron chi connectivity index (χ2n) is 8.96. The molecule has 0 fully saturated rings. The Labute approximate surface area is 197 Å². The molecule has 5 rings (SSSR count). The van der Waals surface area contributed by atoms with Crippen LogP contribution in [-0.2, 0) is 24.3 Å². The van der Waals surface area contributed by atoms with Gasteiger partial charge in [-0.1, -0.05) is 31.2 Å². The molecule has 0 radical (unpaired) electrons. The zero-order valence-electron chi connectivity index (χ0n) is 19.3. The number of benzene rings is 1. The summed E-state index contributed by atoms with van der Waals surface area (Å²) >= 11 is 0. The molecule has 9 heteroatoms. The van der Waals surface area contributed by atoms with Crippen molar-refractivity contribution in [3.63, 3.8) is 0 Å². The number of rotatable bonds is 6. The molecule has 0 saturated carbocycles. The highest BCUT2D eigenvalue weighted by Gasteiger charge is 2.34. The fourth-order valence-electron chi connectivity index (χ4n) is 4.65. The van der Waals surface area contributed by atoms with Gasteiger partial charge in [-0.15, -0.1) is 0 Å². The fraction of sp³-hybridized carbons (Fsp3) is 0.400. The number of carbonyl (C=O) groups excluding carboxylic acids is 1. The molecule has 1 amide bonds. The molecule has 0 aliphatic carbocycles. The van der Waals surface area contributed by atoms with Gasteiger partial charge in [-0.2, -0.15) is 0 Å². The summed E-state index contributed by atoms with van der Waals surface area (Å²) in [4.78, 5) is 24.0. The summed E-state index contributed by atoms with van der Waals surface area (Å²) in [5.41, 5.74) is 5.14. The van der Waals surface area contributed by atoms with Crippen LogP contribution in [0.5, 0.6) is 0 Å². The van der Waals surface area contributed by atoms with E-state index in [1.54, 1.807) is 6.21 Å². The van der Waals surface area contributed by atoms with Gasteiger partial charge >= 0.3 is 0 Å². The van der Waals surface area contributed by atoms with Crippen LogP contribution < -0.4 is 10.6 Å². The van der Waals surface area contributed by atoms with Gasteiger partial charge in [0.2, 0.25) is 6.43 Å². The molecule has 4 heterocycles. The van der Waals surface area contributed by atoms with Gasteiger partial charge in [0.25, 0.3) is 5.91 Å². The Morgan fingerprint density at radius 3 is 2.82 bits per heavy atom. The maximum Gasteiger partial charge on any atom is 0.270 e. The Hall–Kier alpha value is -3.49. The van der Waals surface area contributed by atoms with Crippen LogP contribution >= 0.6 is 0 Å². The third kappa shape index (κ3) is 4.22. The first-order chi connectivity index (χ1) is 16.4. The van der Waals surface area contributed by atoms with E-state index in [0.717, 1.165) is 33.9 Å². The van der Waals surface area contributed by atoms with E-state index in [2.05, 4.69) is 20.6 Å². The summed E-state index contributed by atoms with van der Waals surface area (Å²) in [6.45, 7) is 4.92. The van der Waals surface area contributed by atoms with Crippen LogP contribution in [0, 0.1) is 5.92 Å². The molecular weight excluding hydrogens is 438 g/mol. The summed E-state index contributed by atoms with van der Waals surface area (Å²) < 4.78 is 28.1. The number of carbonyl (C=O) groups is 1. The number of alkyl halides is 2. The van der Waals surface area contributed by atoms with Crippen molar-refractivity contribution in [2.45, 2.75) is 58.9 Å². The van der Waals surface area contributed by atoms with Gasteiger partial charge in [-0.25, -0.2) is 18.8 Å². The van der Waals surface area contributed by atoms with E-state index < -0.39 is 12.3 Å². The van der Waals surface area contributed by atoms with Crippen molar-refractivity contribution < 1.29 is 13.6 Å². The van der Waals surface area contributed by atoms with Crippen LogP contribution in [0.4, 0.5) is 8.78 Å². The number of fused-ring (bicyclic) bond motifs is 2. The quantitative estimate of drug-likeness (QED) is 0.679. The molecule has 0 saturated heterocycles. The molecule has 34 heavy (non-hydrogen) atoms. The van der Waals surface area contributed by atoms with E-state index in [1.165, 1.54) is 0 Å². The average Bonchev–Trinajstić information content (AvgIpc) is 3.43. The summed E-state index contributed by atoms with van der Waals surface area (Å²) in [6, 6.07) is 7.82. The third-order valence-electron chi connectivity index (χ3n) is 6.55. The van der Waals surface area contributed by atoms with E-state index in [9.17, 15) is 13.6 Å². The Morgan fingerprint density at radius 1 is 1.29 bits per heavy atom. The smallest absolute Gasteiger partial charge is 0.270 e. The van der Waals surface area contributed by atoms with Crippen molar-refractivity contribution in [3.05, 3.63) is 65.0 Å². The van der Waals surface area contributed by atoms with Crippen LogP contribution in [0.25, 0.3) is 11.3 Å². The van der Waals surface area contributed by atoms with Gasteiger partial charge in [0.15, 0.2) is 6.29 Å². The van der Waals surface area contributed by atoms with E-state index in [1.807, 2.05) is 60.0 Å². The number of aromatic nitrogens is 2. The SMILES string of the molecule is CCC1=C(C(=O)NCc2ccc(-c3cn4c(n3)CC(C(F)F)CC4)cc2)N2C=C(C)C=NC2N1. The number of aliphatic imine (C=N–C) groups is 1. The van der Waals surface area contributed by atoms with Crippen molar-refractivity contribution in [2.75, 3.05) is 0 Å². The molecule has 2 unspecified atom stereocenters. The Kier molecular flexibility index (Phi) is 5.93. The zero-order valence-corrected chi connectivity index (χ0v) is 19.3. The van der Waals surface area contributed by atoms with E-state index in [4.69, 9.17) is 0 Å². The number of aryl methyl sites for hydroxylation is 1. The largest absolute Gasteiger partial charge is 0.348 e. The lowest BCUT2D eigenvalue weighted by Crippen LogP contribution is -2.38. The standard InChI is InChI=1S/C25H28F2N6O/c1-3-19-22(33-13-15(2)11-29-25(33)31-19)24(34)28-12-16-4-6-17(7-5-16)20-14-32-9-8-18(23(26)27)10-21(32)30-20/h4-7,11,13-14,18,23,25,31H,3,8-10,12H2,1-2H3,(H,28,34). The highest BCUT2D eigenvalue weighted by atomic mass is 19.3. The summed E-state index contributed by atoms with van der Waals surface area (Å²) in [6.07, 6.45) is 4.60. The number of amides is 1. The lowest BCUT2D eigenvalue weighted by molar-refractivity contribution is -0.119. The minimum atomic E-state index is -2.30. The number of nitrogens with one attached hydrogen (secondary N) is 2. The molecule has 3 aliphatic rings. The monoisotopic (exact) mass is 466 g/mol. The molecule has 0 bridgehead atoms. The van der Waals surface area contributed by atoms with Crippen LogP contribution in [0.15, 0.2) is 58.6 Å². The van der Waals surface area contributed by atoms with Gasteiger partial charge in [-0.05, 0) is 30.9 Å². The minimum absolute atomic E-state index is 0.146. The van der Waals surface area contributed by atoms with Gasteiger partial charge in [0.1, 0.15) is 11.5 Å². The first kappa shape index (κ1) is 22.3. The number of hydrogen-bond donors (Lipinski definition) is 2. The zero-order chi connectivity index (χ0) is 23.8. The van der Waals surface area contributed by atoms with Gasteiger partial charge in [-0.3, -0.25) is 4.79 Å². The molecule has 1 aromatic carbocycles. The van der Waals surface area contributed by atoms with E-state index in [0.29, 0.717) is 38.0 Å². The number of allylic oxidation sites excluding steroid dienone is 2. The summed E-state index contributed by atoms with van der Waals surface area (Å²) in [5, 5.41) is 6.32.